The van der Waals surface area contributed by atoms with Gasteiger partial charge in [-0.1, -0.05) is 67.6 Å². The summed E-state index contributed by atoms with van der Waals surface area (Å²) in [4.78, 5) is 29.1. The third kappa shape index (κ3) is 4.91. The molecule has 6 nitrogen and oxygen atoms in total. The number of likely N-dealkylation sites (N-methyl/N-ethyl adjacent to an activating group) is 1. The fourth-order valence-corrected chi connectivity index (χ4v) is 3.91. The van der Waals surface area contributed by atoms with Crippen molar-refractivity contribution in [2.24, 2.45) is 0 Å². The van der Waals surface area contributed by atoms with Crippen LogP contribution in [0.15, 0.2) is 66.9 Å². The molecule has 2 aromatic carbocycles. The average Bonchev–Trinajstić information content (AvgIpc) is 2.84. The predicted octanol–water partition coefficient (Wildman–Crippen LogP) is 3.56. The average molecular weight is 416 g/mol. The maximum atomic E-state index is 13.4. The number of carbonyl (C=O) groups is 1. The summed E-state index contributed by atoms with van der Waals surface area (Å²) in [5.41, 5.74) is 2.66. The summed E-state index contributed by atoms with van der Waals surface area (Å²) in [5, 5.41) is 0. The normalized spacial score (nSPS) is 14.5. The molecule has 0 aliphatic carbocycles. The number of hydrogen-bond acceptors (Lipinski definition) is 5. The molecule has 0 spiro atoms. The predicted molar refractivity (Wildman–Crippen MR) is 124 cm³/mol. The van der Waals surface area contributed by atoms with E-state index in [9.17, 15) is 4.79 Å². The minimum atomic E-state index is 0.00489. The molecule has 1 fully saturated rings. The Morgan fingerprint density at radius 1 is 0.968 bits per heavy atom. The first-order valence-corrected chi connectivity index (χ1v) is 10.8. The van der Waals surface area contributed by atoms with Gasteiger partial charge in [0.1, 0.15) is 11.4 Å². The smallest absolute Gasteiger partial charge is 0.259 e. The number of hydrogen-bond donors (Lipinski definition) is 0. The fraction of sp³-hybridized carbons (Fsp3) is 0.320. The molecule has 6 heteroatoms. The molecule has 160 valence electrons. The topological polar surface area (TPSA) is 52.6 Å². The molecule has 1 saturated heterocycles. The van der Waals surface area contributed by atoms with E-state index in [1.165, 1.54) is 5.56 Å². The van der Waals surface area contributed by atoms with Crippen LogP contribution in [0.2, 0.25) is 0 Å². The van der Waals surface area contributed by atoms with Crippen molar-refractivity contribution in [1.82, 2.24) is 19.8 Å². The van der Waals surface area contributed by atoms with Crippen LogP contribution in [0.25, 0.3) is 11.4 Å². The van der Waals surface area contributed by atoms with E-state index < -0.39 is 0 Å². The monoisotopic (exact) mass is 415 g/mol. The van der Waals surface area contributed by atoms with Crippen molar-refractivity contribution < 1.29 is 4.79 Å². The van der Waals surface area contributed by atoms with Crippen LogP contribution in [0.3, 0.4) is 0 Å². The number of rotatable bonds is 6. The Bertz CT molecular complexity index is 1000. The van der Waals surface area contributed by atoms with Gasteiger partial charge in [0.05, 0.1) is 0 Å². The van der Waals surface area contributed by atoms with Gasteiger partial charge in [-0.3, -0.25) is 4.79 Å². The van der Waals surface area contributed by atoms with E-state index in [1.54, 1.807) is 6.20 Å². The molecule has 2 heterocycles. The number of carbonyl (C=O) groups excluding carboxylic acids is 1. The van der Waals surface area contributed by atoms with Crippen molar-refractivity contribution >= 4 is 11.7 Å². The standard InChI is InChI=1S/C25H29N5O/c1-3-29-14-16-30(17-15-29)25(31)22-18-26-23(21-12-8-5-9-13-21)27-24(22)28(2)19-20-10-6-4-7-11-20/h4-13,18H,3,14-17,19H2,1-2H3. The zero-order valence-electron chi connectivity index (χ0n) is 18.2. The van der Waals surface area contributed by atoms with Gasteiger partial charge in [-0.15, -0.1) is 0 Å². The van der Waals surface area contributed by atoms with Crippen LogP contribution in [0.1, 0.15) is 22.8 Å². The van der Waals surface area contributed by atoms with Gasteiger partial charge < -0.3 is 14.7 Å². The quantitative estimate of drug-likeness (QED) is 0.616. The summed E-state index contributed by atoms with van der Waals surface area (Å²) in [6, 6.07) is 20.1. The summed E-state index contributed by atoms with van der Waals surface area (Å²) in [6.07, 6.45) is 1.70. The van der Waals surface area contributed by atoms with Crippen LogP contribution in [0.4, 0.5) is 5.82 Å². The van der Waals surface area contributed by atoms with Gasteiger partial charge >= 0.3 is 0 Å². The number of nitrogens with zero attached hydrogens (tertiary/aromatic N) is 5. The SMILES string of the molecule is CCN1CCN(C(=O)c2cnc(-c3ccccc3)nc2N(C)Cc2ccccc2)CC1. The first-order valence-electron chi connectivity index (χ1n) is 10.8. The molecule has 1 amide bonds. The Balaban J connectivity index is 1.66. The number of piperazine rings is 1. The Morgan fingerprint density at radius 3 is 2.26 bits per heavy atom. The lowest BCUT2D eigenvalue weighted by atomic mass is 10.1. The second-order valence-corrected chi connectivity index (χ2v) is 7.87. The van der Waals surface area contributed by atoms with Crippen molar-refractivity contribution in [3.05, 3.63) is 78.0 Å². The maximum Gasteiger partial charge on any atom is 0.259 e. The second kappa shape index (κ2) is 9.71. The lowest BCUT2D eigenvalue weighted by Crippen LogP contribution is -2.48. The van der Waals surface area contributed by atoms with Crippen LogP contribution in [-0.4, -0.2) is 65.4 Å². The highest BCUT2D eigenvalue weighted by Crippen LogP contribution is 2.24. The highest BCUT2D eigenvalue weighted by atomic mass is 16.2. The van der Waals surface area contributed by atoms with Crippen LogP contribution in [0, 0.1) is 0 Å². The molecule has 0 N–H and O–H groups in total. The number of benzene rings is 2. The molecular formula is C25H29N5O. The zero-order chi connectivity index (χ0) is 21.6. The van der Waals surface area contributed by atoms with E-state index in [0.717, 1.165) is 38.3 Å². The maximum absolute atomic E-state index is 13.4. The third-order valence-corrected chi connectivity index (χ3v) is 5.76. The Kier molecular flexibility index (Phi) is 6.57. The zero-order valence-corrected chi connectivity index (χ0v) is 18.2. The van der Waals surface area contributed by atoms with Gasteiger partial charge in [-0.25, -0.2) is 9.97 Å². The minimum Gasteiger partial charge on any atom is -0.355 e. The van der Waals surface area contributed by atoms with Crippen LogP contribution in [-0.2, 0) is 6.54 Å². The number of aromatic nitrogens is 2. The van der Waals surface area contributed by atoms with Gasteiger partial charge in [0.15, 0.2) is 5.82 Å². The van der Waals surface area contributed by atoms with Crippen molar-refractivity contribution in [3.63, 3.8) is 0 Å². The highest BCUT2D eigenvalue weighted by Gasteiger charge is 2.26. The van der Waals surface area contributed by atoms with Crippen molar-refractivity contribution in [3.8, 4) is 11.4 Å². The summed E-state index contributed by atoms with van der Waals surface area (Å²) in [6.45, 7) is 7.10. The first-order chi connectivity index (χ1) is 15.2. The molecule has 0 radical (unpaired) electrons. The lowest BCUT2D eigenvalue weighted by molar-refractivity contribution is 0.0643. The van der Waals surface area contributed by atoms with E-state index in [2.05, 4.69) is 28.9 Å². The van der Waals surface area contributed by atoms with Gasteiger partial charge in [0.2, 0.25) is 0 Å². The van der Waals surface area contributed by atoms with E-state index in [1.807, 2.05) is 65.4 Å². The first kappa shape index (κ1) is 21.0. The van der Waals surface area contributed by atoms with Crippen LogP contribution < -0.4 is 4.90 Å². The van der Waals surface area contributed by atoms with E-state index in [-0.39, 0.29) is 5.91 Å². The minimum absolute atomic E-state index is 0.00489. The highest BCUT2D eigenvalue weighted by molar-refractivity contribution is 5.99. The van der Waals surface area contributed by atoms with Gasteiger partial charge in [-0.2, -0.15) is 0 Å². The van der Waals surface area contributed by atoms with Gasteiger partial charge in [0.25, 0.3) is 5.91 Å². The molecule has 0 saturated carbocycles. The van der Waals surface area contributed by atoms with Crippen molar-refractivity contribution in [2.45, 2.75) is 13.5 Å². The van der Waals surface area contributed by atoms with Crippen LogP contribution in [0.5, 0.6) is 0 Å². The van der Waals surface area contributed by atoms with E-state index >= 15 is 0 Å². The molecule has 1 aliphatic heterocycles. The summed E-state index contributed by atoms with van der Waals surface area (Å²) >= 11 is 0. The molecule has 31 heavy (non-hydrogen) atoms. The van der Waals surface area contributed by atoms with E-state index in [4.69, 9.17) is 4.98 Å². The fourth-order valence-electron chi connectivity index (χ4n) is 3.91. The number of anilines is 1. The molecule has 0 unspecified atom stereocenters. The van der Waals surface area contributed by atoms with Gasteiger partial charge in [-0.05, 0) is 12.1 Å². The molecular weight excluding hydrogens is 386 g/mol. The summed E-state index contributed by atoms with van der Waals surface area (Å²) in [7, 11) is 1.98. The molecule has 1 aromatic heterocycles. The summed E-state index contributed by atoms with van der Waals surface area (Å²) in [5.74, 6) is 1.30. The van der Waals surface area contributed by atoms with Crippen LogP contribution >= 0.6 is 0 Å². The third-order valence-electron chi connectivity index (χ3n) is 5.76. The lowest BCUT2D eigenvalue weighted by Gasteiger charge is -2.34. The molecule has 3 aromatic rings. The Morgan fingerprint density at radius 2 is 1.61 bits per heavy atom. The number of amides is 1. The van der Waals surface area contributed by atoms with Crippen molar-refractivity contribution in [2.75, 3.05) is 44.7 Å². The molecule has 0 bridgehead atoms. The molecule has 1 aliphatic rings. The largest absolute Gasteiger partial charge is 0.355 e. The van der Waals surface area contributed by atoms with Crippen molar-refractivity contribution in [1.29, 1.82) is 0 Å². The molecule has 4 rings (SSSR count). The van der Waals surface area contributed by atoms with E-state index in [0.29, 0.717) is 23.8 Å². The summed E-state index contributed by atoms with van der Waals surface area (Å²) < 4.78 is 0. The Labute approximate surface area is 184 Å². The molecule has 0 atom stereocenters. The second-order valence-electron chi connectivity index (χ2n) is 7.87. The Hall–Kier alpha value is -3.25. The van der Waals surface area contributed by atoms with Gasteiger partial charge in [0, 0.05) is 51.5 Å².